The maximum Gasteiger partial charge on any atom is 0.159 e. The Balaban J connectivity index is 3.77. The number of rotatable bonds is 2. The zero-order chi connectivity index (χ0) is 15.0. The zero-order valence-corrected chi connectivity index (χ0v) is 12.9. The molecule has 1 aromatic rings. The van der Waals surface area contributed by atoms with Gasteiger partial charge >= 0.3 is 0 Å². The normalized spacial score (nSPS) is 12.4. The van der Waals surface area contributed by atoms with Gasteiger partial charge < -0.3 is 0 Å². The van der Waals surface area contributed by atoms with Crippen molar-refractivity contribution in [2.75, 3.05) is 0 Å². The summed E-state index contributed by atoms with van der Waals surface area (Å²) in [4.78, 5) is 23.0. The fraction of sp³-hybridized carbons (Fsp3) is 0.562. The second kappa shape index (κ2) is 4.87. The number of nitroso groups, excluding NO2 is 1. The van der Waals surface area contributed by atoms with E-state index in [1.54, 1.807) is 19.1 Å². The van der Waals surface area contributed by atoms with Crippen molar-refractivity contribution in [3.8, 4) is 0 Å². The largest absolute Gasteiger partial charge is 0.295 e. The van der Waals surface area contributed by atoms with E-state index in [2.05, 4.69) is 5.18 Å². The predicted molar refractivity (Wildman–Crippen MR) is 79.3 cm³/mol. The highest BCUT2D eigenvalue weighted by Crippen LogP contribution is 2.40. The van der Waals surface area contributed by atoms with Crippen LogP contribution in [0.5, 0.6) is 0 Å². The molecule has 0 aliphatic rings. The molecule has 0 atom stereocenters. The lowest BCUT2D eigenvalue weighted by molar-refractivity contribution is 0.101. The van der Waals surface area contributed by atoms with E-state index in [4.69, 9.17) is 0 Å². The van der Waals surface area contributed by atoms with Gasteiger partial charge in [-0.2, -0.15) is 0 Å². The average Bonchev–Trinajstić information content (AvgIpc) is 2.24. The van der Waals surface area contributed by atoms with Crippen LogP contribution in [0.4, 0.5) is 5.69 Å². The van der Waals surface area contributed by atoms with Crippen LogP contribution < -0.4 is 0 Å². The molecule has 0 amide bonds. The van der Waals surface area contributed by atoms with Gasteiger partial charge in [-0.05, 0) is 46.2 Å². The van der Waals surface area contributed by atoms with Crippen molar-refractivity contribution in [1.29, 1.82) is 0 Å². The van der Waals surface area contributed by atoms with Crippen molar-refractivity contribution in [2.45, 2.75) is 59.3 Å². The van der Waals surface area contributed by atoms with E-state index in [1.807, 2.05) is 41.5 Å². The summed E-state index contributed by atoms with van der Waals surface area (Å²) in [5.74, 6) is 0.00782. The molecule has 19 heavy (non-hydrogen) atoms. The number of nitrogens with zero attached hydrogens (tertiary/aromatic N) is 1. The van der Waals surface area contributed by atoms with Crippen molar-refractivity contribution >= 4 is 11.5 Å². The minimum atomic E-state index is -0.227. The molecule has 0 N–H and O–H groups in total. The van der Waals surface area contributed by atoms with E-state index in [9.17, 15) is 9.70 Å². The maximum absolute atomic E-state index is 11.7. The molecule has 3 heteroatoms. The molecule has 3 nitrogen and oxygen atoms in total. The molecule has 0 aliphatic carbocycles. The molecule has 104 valence electrons. The Bertz CT molecular complexity index is 482. The third-order valence-corrected chi connectivity index (χ3v) is 3.22. The van der Waals surface area contributed by atoms with Crippen molar-refractivity contribution < 1.29 is 4.79 Å². The molecule has 0 bridgehead atoms. The van der Waals surface area contributed by atoms with Crippen LogP contribution in [0.3, 0.4) is 0 Å². The van der Waals surface area contributed by atoms with Crippen LogP contribution in [-0.4, -0.2) is 5.78 Å². The summed E-state index contributed by atoms with van der Waals surface area (Å²) in [6.07, 6.45) is 0. The monoisotopic (exact) mass is 261 g/mol. The van der Waals surface area contributed by atoms with E-state index in [-0.39, 0.29) is 16.6 Å². The second-order valence-corrected chi connectivity index (χ2v) is 7.07. The summed E-state index contributed by atoms with van der Waals surface area (Å²) in [7, 11) is 0. The first-order valence-corrected chi connectivity index (χ1v) is 6.52. The van der Waals surface area contributed by atoms with Crippen LogP contribution in [0.15, 0.2) is 17.3 Å². The summed E-state index contributed by atoms with van der Waals surface area (Å²) in [6, 6.07) is 3.60. The quantitative estimate of drug-likeness (QED) is 0.562. The van der Waals surface area contributed by atoms with Gasteiger partial charge in [-0.15, -0.1) is 4.91 Å². The maximum atomic E-state index is 11.7. The lowest BCUT2D eigenvalue weighted by atomic mass is 9.77. The van der Waals surface area contributed by atoms with Gasteiger partial charge in [0.2, 0.25) is 0 Å². The Labute approximate surface area is 115 Å². The first kappa shape index (κ1) is 15.5. The number of hydrogen-bond acceptors (Lipinski definition) is 3. The van der Waals surface area contributed by atoms with Crippen molar-refractivity contribution in [1.82, 2.24) is 0 Å². The topological polar surface area (TPSA) is 46.5 Å². The highest BCUT2D eigenvalue weighted by atomic mass is 16.3. The van der Waals surface area contributed by atoms with Crippen LogP contribution in [0.2, 0.25) is 0 Å². The Hall–Kier alpha value is -1.51. The third-order valence-electron chi connectivity index (χ3n) is 3.22. The molecule has 1 rings (SSSR count). The van der Waals surface area contributed by atoms with Crippen molar-refractivity contribution in [3.05, 3.63) is 33.7 Å². The van der Waals surface area contributed by atoms with Gasteiger partial charge in [-0.3, -0.25) is 4.79 Å². The van der Waals surface area contributed by atoms with Crippen LogP contribution in [0, 0.1) is 4.91 Å². The van der Waals surface area contributed by atoms with E-state index < -0.39 is 0 Å². The lowest BCUT2D eigenvalue weighted by Crippen LogP contribution is -2.18. The molecular weight excluding hydrogens is 238 g/mol. The molecule has 0 saturated heterocycles. The van der Waals surface area contributed by atoms with Crippen molar-refractivity contribution in [3.63, 3.8) is 0 Å². The number of Topliss-reactive ketones (excluding diaryl/α,β-unsaturated/α-hetero) is 1. The fourth-order valence-electron chi connectivity index (χ4n) is 2.08. The lowest BCUT2D eigenvalue weighted by Gasteiger charge is -2.27. The highest BCUT2D eigenvalue weighted by molar-refractivity contribution is 5.95. The molecule has 1 aromatic carbocycles. The summed E-state index contributed by atoms with van der Waals surface area (Å²) < 4.78 is 0. The van der Waals surface area contributed by atoms with E-state index in [1.165, 1.54) is 0 Å². The van der Waals surface area contributed by atoms with E-state index in [0.717, 1.165) is 11.1 Å². The van der Waals surface area contributed by atoms with Crippen LogP contribution in [-0.2, 0) is 10.8 Å². The van der Waals surface area contributed by atoms with Crippen LogP contribution >= 0.6 is 0 Å². The second-order valence-electron chi connectivity index (χ2n) is 7.07. The number of benzene rings is 1. The van der Waals surface area contributed by atoms with Gasteiger partial charge in [0.05, 0.1) is 0 Å². The molecular formula is C16H23NO2. The molecule has 0 unspecified atom stereocenters. The number of carbonyl (C=O) groups excluding carboxylic acids is 1. The van der Waals surface area contributed by atoms with Gasteiger partial charge in [0.1, 0.15) is 5.69 Å². The smallest absolute Gasteiger partial charge is 0.159 e. The molecule has 0 spiro atoms. The Morgan fingerprint density at radius 3 is 1.53 bits per heavy atom. The molecule has 0 heterocycles. The Morgan fingerprint density at radius 2 is 1.32 bits per heavy atom. The average molecular weight is 261 g/mol. The molecule has 0 aliphatic heterocycles. The first-order chi connectivity index (χ1) is 8.48. The van der Waals surface area contributed by atoms with Gasteiger partial charge in [0.15, 0.2) is 5.78 Å². The zero-order valence-electron chi connectivity index (χ0n) is 12.9. The third kappa shape index (κ3) is 3.28. The standard InChI is InChI=1S/C16H23NO2/c1-10(18)11-8-12(15(2,3)4)14(17-19)13(9-11)16(5,6)7/h8-9H,1-7H3. The number of carbonyl (C=O) groups is 1. The summed E-state index contributed by atoms with van der Waals surface area (Å²) in [5.41, 5.74) is 2.33. The van der Waals surface area contributed by atoms with Gasteiger partial charge in [-0.1, -0.05) is 41.5 Å². The molecule has 0 fully saturated rings. The van der Waals surface area contributed by atoms with Crippen molar-refractivity contribution in [2.24, 2.45) is 5.18 Å². The Kier molecular flexibility index (Phi) is 3.99. The van der Waals surface area contributed by atoms with Gasteiger partial charge in [0.25, 0.3) is 0 Å². The molecule has 0 saturated carbocycles. The Morgan fingerprint density at radius 1 is 0.947 bits per heavy atom. The predicted octanol–water partition coefficient (Wildman–Crippen LogP) is 4.88. The SMILES string of the molecule is CC(=O)c1cc(C(C)(C)C)c(N=O)c(C(C)(C)C)c1. The van der Waals surface area contributed by atoms with E-state index in [0.29, 0.717) is 11.3 Å². The minimum Gasteiger partial charge on any atom is -0.295 e. The highest BCUT2D eigenvalue weighted by Gasteiger charge is 2.28. The summed E-state index contributed by atoms with van der Waals surface area (Å²) >= 11 is 0. The van der Waals surface area contributed by atoms with Gasteiger partial charge in [-0.25, -0.2) is 0 Å². The van der Waals surface area contributed by atoms with Gasteiger partial charge in [0, 0.05) is 5.56 Å². The summed E-state index contributed by atoms with van der Waals surface area (Å²) in [6.45, 7) is 13.7. The van der Waals surface area contributed by atoms with E-state index >= 15 is 0 Å². The molecule has 0 aromatic heterocycles. The summed E-state index contributed by atoms with van der Waals surface area (Å²) in [5, 5.41) is 3.24. The fourth-order valence-corrected chi connectivity index (χ4v) is 2.08. The number of ketones is 1. The minimum absolute atomic E-state index is 0.00782. The first-order valence-electron chi connectivity index (χ1n) is 6.52. The van der Waals surface area contributed by atoms with Crippen LogP contribution in [0.25, 0.3) is 0 Å². The number of hydrogen-bond donors (Lipinski definition) is 0. The van der Waals surface area contributed by atoms with Crippen LogP contribution in [0.1, 0.15) is 70.0 Å². The molecule has 0 radical (unpaired) electrons.